The third-order valence-corrected chi connectivity index (χ3v) is 3.93. The molecule has 0 unspecified atom stereocenters. The molecule has 0 radical (unpaired) electrons. The van der Waals surface area contributed by atoms with Gasteiger partial charge < -0.3 is 4.74 Å². The van der Waals surface area contributed by atoms with Gasteiger partial charge in [-0.25, -0.2) is 4.39 Å². The fourth-order valence-electron chi connectivity index (χ4n) is 1.48. The predicted molar refractivity (Wildman–Crippen MR) is 68.5 cm³/mol. The van der Waals surface area contributed by atoms with Crippen LogP contribution in [0.4, 0.5) is 4.39 Å². The van der Waals surface area contributed by atoms with E-state index in [1.54, 1.807) is 20.1 Å². The van der Waals surface area contributed by atoms with Crippen molar-refractivity contribution >= 4 is 11.8 Å². The quantitative estimate of drug-likeness (QED) is 0.727. The zero-order chi connectivity index (χ0) is 12.2. The Hall–Kier alpha value is -0.540. The summed E-state index contributed by atoms with van der Waals surface area (Å²) >= 11 is 1.82. The van der Waals surface area contributed by atoms with Gasteiger partial charge in [0.05, 0.1) is 6.61 Å². The van der Waals surface area contributed by atoms with Crippen LogP contribution >= 0.6 is 11.8 Å². The average Bonchev–Trinajstić information content (AvgIpc) is 2.22. The molecule has 90 valence electrons. The number of methoxy groups -OCH3 is 1. The normalized spacial score (nSPS) is 11.8. The zero-order valence-corrected chi connectivity index (χ0v) is 11.2. The number of rotatable bonds is 5. The first kappa shape index (κ1) is 13.5. The number of hydrogen-bond acceptors (Lipinski definition) is 2. The summed E-state index contributed by atoms with van der Waals surface area (Å²) < 4.78 is 18.2. The van der Waals surface area contributed by atoms with E-state index >= 15 is 0 Å². The highest BCUT2D eigenvalue weighted by atomic mass is 32.2. The molecule has 0 N–H and O–H groups in total. The highest BCUT2D eigenvalue weighted by molar-refractivity contribution is 8.00. The molecule has 1 aromatic carbocycles. The molecule has 0 amide bonds. The van der Waals surface area contributed by atoms with Crippen LogP contribution in [-0.4, -0.2) is 19.5 Å². The minimum atomic E-state index is -0.138. The van der Waals surface area contributed by atoms with Crippen molar-refractivity contribution in [1.29, 1.82) is 0 Å². The highest BCUT2D eigenvalue weighted by Crippen LogP contribution is 2.35. The van der Waals surface area contributed by atoms with Gasteiger partial charge in [-0.3, -0.25) is 0 Å². The standard InChI is InChI=1S/C13H19FOS/c1-10-9-11(5-6-12(10)14)13(2,3)16-8-7-15-4/h5-6,9H,7-8H2,1-4H3. The Labute approximate surface area is 101 Å². The molecule has 0 spiro atoms. The molecule has 0 aliphatic carbocycles. The molecule has 0 atom stereocenters. The third kappa shape index (κ3) is 3.49. The van der Waals surface area contributed by atoms with Crippen LogP contribution in [0.3, 0.4) is 0 Å². The largest absolute Gasteiger partial charge is 0.384 e. The molecular weight excluding hydrogens is 223 g/mol. The predicted octanol–water partition coefficient (Wildman–Crippen LogP) is 3.75. The topological polar surface area (TPSA) is 9.23 Å². The summed E-state index contributed by atoms with van der Waals surface area (Å²) in [6, 6.07) is 5.33. The first-order chi connectivity index (χ1) is 7.47. The maximum Gasteiger partial charge on any atom is 0.126 e. The van der Waals surface area contributed by atoms with Crippen LogP contribution < -0.4 is 0 Å². The monoisotopic (exact) mass is 242 g/mol. The summed E-state index contributed by atoms with van der Waals surface area (Å²) in [6.07, 6.45) is 0. The van der Waals surface area contributed by atoms with Gasteiger partial charge in [-0.2, -0.15) is 0 Å². The second-order valence-corrected chi connectivity index (χ2v) is 6.03. The van der Waals surface area contributed by atoms with E-state index in [4.69, 9.17) is 4.74 Å². The Morgan fingerprint density at radius 1 is 1.38 bits per heavy atom. The average molecular weight is 242 g/mol. The van der Waals surface area contributed by atoms with Crippen molar-refractivity contribution in [2.75, 3.05) is 19.5 Å². The molecule has 0 saturated carbocycles. The summed E-state index contributed by atoms with van der Waals surface area (Å²) in [5.41, 5.74) is 1.87. The molecule has 0 aliphatic heterocycles. The number of ether oxygens (including phenoxy) is 1. The molecule has 1 nitrogen and oxygen atoms in total. The van der Waals surface area contributed by atoms with Gasteiger partial charge >= 0.3 is 0 Å². The lowest BCUT2D eigenvalue weighted by molar-refractivity contribution is 0.218. The number of halogens is 1. The van der Waals surface area contributed by atoms with Crippen molar-refractivity contribution in [3.63, 3.8) is 0 Å². The van der Waals surface area contributed by atoms with Gasteiger partial charge in [0, 0.05) is 17.6 Å². The van der Waals surface area contributed by atoms with E-state index in [0.29, 0.717) is 5.56 Å². The van der Waals surface area contributed by atoms with E-state index in [9.17, 15) is 4.39 Å². The van der Waals surface area contributed by atoms with E-state index < -0.39 is 0 Å². The minimum Gasteiger partial charge on any atom is -0.384 e. The summed E-state index contributed by atoms with van der Waals surface area (Å²) in [7, 11) is 1.70. The first-order valence-corrected chi connectivity index (χ1v) is 6.35. The van der Waals surface area contributed by atoms with Gasteiger partial charge in [-0.15, -0.1) is 11.8 Å². The number of aryl methyl sites for hydroxylation is 1. The lowest BCUT2D eigenvalue weighted by Crippen LogP contribution is -2.14. The molecule has 0 saturated heterocycles. The van der Waals surface area contributed by atoms with Crippen LogP contribution in [-0.2, 0) is 9.48 Å². The van der Waals surface area contributed by atoms with Crippen molar-refractivity contribution in [2.45, 2.75) is 25.5 Å². The van der Waals surface area contributed by atoms with Crippen molar-refractivity contribution in [3.8, 4) is 0 Å². The Bertz CT molecular complexity index is 350. The van der Waals surface area contributed by atoms with E-state index in [1.807, 2.05) is 23.9 Å². The Kier molecular flexibility index (Phi) is 4.81. The lowest BCUT2D eigenvalue weighted by Gasteiger charge is -2.25. The fraction of sp³-hybridized carbons (Fsp3) is 0.538. The molecule has 0 bridgehead atoms. The third-order valence-electron chi connectivity index (χ3n) is 2.60. The van der Waals surface area contributed by atoms with Crippen molar-refractivity contribution < 1.29 is 9.13 Å². The maximum atomic E-state index is 13.2. The Balaban J connectivity index is 2.76. The van der Waals surface area contributed by atoms with Crippen molar-refractivity contribution in [2.24, 2.45) is 0 Å². The van der Waals surface area contributed by atoms with Gasteiger partial charge in [0.1, 0.15) is 5.82 Å². The van der Waals surface area contributed by atoms with E-state index in [-0.39, 0.29) is 10.6 Å². The SMILES string of the molecule is COCCSC(C)(C)c1ccc(F)c(C)c1. The van der Waals surface area contributed by atoms with Crippen molar-refractivity contribution in [3.05, 3.63) is 35.1 Å². The first-order valence-electron chi connectivity index (χ1n) is 5.37. The minimum absolute atomic E-state index is 0.00299. The molecule has 0 aromatic heterocycles. The van der Waals surface area contributed by atoms with Gasteiger partial charge in [-0.1, -0.05) is 12.1 Å². The van der Waals surface area contributed by atoms with Crippen LogP contribution in [0.2, 0.25) is 0 Å². The summed E-state index contributed by atoms with van der Waals surface area (Å²) in [6.45, 7) is 6.85. The van der Waals surface area contributed by atoms with Gasteiger partial charge in [0.25, 0.3) is 0 Å². The Morgan fingerprint density at radius 2 is 2.06 bits per heavy atom. The molecule has 0 fully saturated rings. The van der Waals surface area contributed by atoms with Crippen LogP contribution in [0.5, 0.6) is 0 Å². The number of thioether (sulfide) groups is 1. The second-order valence-electron chi connectivity index (χ2n) is 4.32. The molecule has 1 aromatic rings. The molecule has 0 heterocycles. The highest BCUT2D eigenvalue weighted by Gasteiger charge is 2.21. The van der Waals surface area contributed by atoms with Crippen molar-refractivity contribution in [1.82, 2.24) is 0 Å². The fourth-order valence-corrected chi connectivity index (χ4v) is 2.54. The van der Waals surface area contributed by atoms with Crippen LogP contribution in [0.1, 0.15) is 25.0 Å². The molecule has 1 rings (SSSR count). The molecular formula is C13H19FOS. The lowest BCUT2D eigenvalue weighted by atomic mass is 10.0. The summed E-state index contributed by atoms with van der Waals surface area (Å²) in [5, 5.41) is 0. The van der Waals surface area contributed by atoms with E-state index in [0.717, 1.165) is 17.9 Å². The van der Waals surface area contributed by atoms with E-state index in [1.165, 1.54) is 0 Å². The van der Waals surface area contributed by atoms with Gasteiger partial charge in [0.15, 0.2) is 0 Å². The molecule has 0 aliphatic rings. The van der Waals surface area contributed by atoms with Gasteiger partial charge in [-0.05, 0) is 38.0 Å². The van der Waals surface area contributed by atoms with E-state index in [2.05, 4.69) is 13.8 Å². The molecule has 16 heavy (non-hydrogen) atoms. The Morgan fingerprint density at radius 3 is 2.62 bits per heavy atom. The summed E-state index contributed by atoms with van der Waals surface area (Å²) in [4.78, 5) is 0. The van der Waals surface area contributed by atoms with Crippen LogP contribution in [0.15, 0.2) is 18.2 Å². The van der Waals surface area contributed by atoms with Crippen LogP contribution in [0.25, 0.3) is 0 Å². The van der Waals surface area contributed by atoms with Gasteiger partial charge in [0.2, 0.25) is 0 Å². The summed E-state index contributed by atoms with van der Waals surface area (Å²) in [5.74, 6) is 0.807. The number of hydrogen-bond donors (Lipinski definition) is 0. The zero-order valence-electron chi connectivity index (χ0n) is 10.3. The second kappa shape index (κ2) is 5.69. The van der Waals surface area contributed by atoms with Crippen LogP contribution in [0, 0.1) is 12.7 Å². The molecule has 3 heteroatoms. The maximum absolute atomic E-state index is 13.2. The smallest absolute Gasteiger partial charge is 0.126 e. The number of benzene rings is 1.